The third-order valence-corrected chi connectivity index (χ3v) is 11.9. The highest BCUT2D eigenvalue weighted by Gasteiger charge is 2.50. The molecule has 8 nitrogen and oxygen atoms in total. The second kappa shape index (κ2) is 17.1. The maximum Gasteiger partial charge on any atom is 0.253 e. The zero-order chi connectivity index (χ0) is 35.8. The second-order valence-corrected chi connectivity index (χ2v) is 16.9. The van der Waals surface area contributed by atoms with E-state index in [1.54, 1.807) is 5.57 Å². The van der Waals surface area contributed by atoms with Crippen molar-refractivity contribution in [3.63, 3.8) is 0 Å². The molecule has 3 saturated carbocycles. The van der Waals surface area contributed by atoms with E-state index in [0.717, 1.165) is 36.5 Å². The van der Waals surface area contributed by atoms with Crippen LogP contribution in [-0.4, -0.2) is 64.8 Å². The Kier molecular flexibility index (Phi) is 13.7. The summed E-state index contributed by atoms with van der Waals surface area (Å²) in [6.07, 6.45) is 21.9. The molecule has 3 aliphatic carbocycles. The molecule has 0 radical (unpaired) electrons. The van der Waals surface area contributed by atoms with Crippen molar-refractivity contribution in [1.29, 1.82) is 0 Å². The number of aliphatic hydroxyl groups is 1. The van der Waals surface area contributed by atoms with Gasteiger partial charge in [0, 0.05) is 31.7 Å². The molecule has 0 saturated heterocycles. The number of ether oxygens (including phenoxy) is 1. The molecule has 3 fully saturated rings. The summed E-state index contributed by atoms with van der Waals surface area (Å²) >= 11 is 0. The highest BCUT2D eigenvalue weighted by atomic mass is 16.5. The quantitative estimate of drug-likeness (QED) is 0.110. The summed E-state index contributed by atoms with van der Waals surface area (Å²) in [6.45, 7) is 18.2. The normalized spacial score (nSPS) is 27.7. The summed E-state index contributed by atoms with van der Waals surface area (Å²) in [4.78, 5) is 37.0. The van der Waals surface area contributed by atoms with Crippen LogP contribution >= 0.6 is 0 Å². The molecule has 274 valence electrons. The minimum atomic E-state index is -0.622. The highest BCUT2D eigenvalue weighted by molar-refractivity contribution is 6.13. The zero-order valence-corrected chi connectivity index (χ0v) is 31.4. The minimum absolute atomic E-state index is 0.0426. The fourth-order valence-corrected chi connectivity index (χ4v) is 8.88. The summed E-state index contributed by atoms with van der Waals surface area (Å²) in [6, 6.07) is 0. The monoisotopic (exact) mass is 679 g/mol. The molecule has 0 aromatic rings. The van der Waals surface area contributed by atoms with Crippen molar-refractivity contribution in [2.75, 3.05) is 19.7 Å². The highest BCUT2D eigenvalue weighted by Crippen LogP contribution is 2.60. The van der Waals surface area contributed by atoms with E-state index in [9.17, 15) is 19.5 Å². The van der Waals surface area contributed by atoms with Crippen LogP contribution in [0.1, 0.15) is 131 Å². The molecule has 5 unspecified atom stereocenters. The predicted molar refractivity (Wildman–Crippen MR) is 196 cm³/mol. The molecule has 0 bridgehead atoms. The first-order chi connectivity index (χ1) is 23.1. The number of nitrogens with one attached hydrogen (secondary N) is 2. The van der Waals surface area contributed by atoms with Crippen molar-refractivity contribution in [2.45, 2.75) is 149 Å². The van der Waals surface area contributed by atoms with Crippen LogP contribution in [0.5, 0.6) is 0 Å². The number of carbonyl (C=O) groups excluding carboxylic acids is 3. The van der Waals surface area contributed by atoms with E-state index in [2.05, 4.69) is 43.2 Å². The van der Waals surface area contributed by atoms with Crippen molar-refractivity contribution in [3.05, 3.63) is 47.6 Å². The van der Waals surface area contributed by atoms with Crippen LogP contribution in [0.2, 0.25) is 0 Å². The Hall–Kier alpha value is -2.55. The molecule has 3 N–H and O–H groups in total. The lowest BCUT2D eigenvalue weighted by molar-refractivity contribution is -0.137. The van der Waals surface area contributed by atoms with E-state index in [1.165, 1.54) is 74.7 Å². The Balaban J connectivity index is 1.13. The molecule has 1 heterocycles. The lowest BCUT2D eigenvalue weighted by Crippen LogP contribution is -2.49. The molecule has 1 aliphatic heterocycles. The van der Waals surface area contributed by atoms with Gasteiger partial charge in [-0.3, -0.25) is 24.6 Å². The van der Waals surface area contributed by atoms with Gasteiger partial charge in [0.25, 0.3) is 11.8 Å². The van der Waals surface area contributed by atoms with Crippen molar-refractivity contribution in [1.82, 2.24) is 15.5 Å². The maximum atomic E-state index is 12.5. The smallest absolute Gasteiger partial charge is 0.253 e. The second-order valence-electron chi connectivity index (χ2n) is 16.9. The van der Waals surface area contributed by atoms with Gasteiger partial charge < -0.3 is 15.2 Å². The van der Waals surface area contributed by atoms with E-state index < -0.39 is 17.4 Å². The van der Waals surface area contributed by atoms with Crippen molar-refractivity contribution in [3.8, 4) is 0 Å². The van der Waals surface area contributed by atoms with Crippen LogP contribution < -0.4 is 10.6 Å². The van der Waals surface area contributed by atoms with E-state index in [4.69, 9.17) is 4.74 Å². The van der Waals surface area contributed by atoms with Crippen LogP contribution in [-0.2, 0) is 19.1 Å². The van der Waals surface area contributed by atoms with E-state index >= 15 is 0 Å². The summed E-state index contributed by atoms with van der Waals surface area (Å²) < 4.78 is 6.19. The van der Waals surface area contributed by atoms with E-state index in [-0.39, 0.29) is 30.7 Å². The number of allylic oxidation sites excluding steroid dienone is 5. The van der Waals surface area contributed by atoms with Gasteiger partial charge >= 0.3 is 0 Å². The minimum Gasteiger partial charge on any atom is -0.379 e. The number of aliphatic hydroxyl groups excluding tert-OH is 1. The van der Waals surface area contributed by atoms with Crippen LogP contribution in [0.15, 0.2) is 47.6 Å². The van der Waals surface area contributed by atoms with Gasteiger partial charge in [-0.05, 0) is 133 Å². The Morgan fingerprint density at radius 3 is 2.51 bits per heavy atom. The van der Waals surface area contributed by atoms with Gasteiger partial charge in [0.1, 0.15) is 6.23 Å². The third-order valence-electron chi connectivity index (χ3n) is 11.9. The topological polar surface area (TPSA) is 108 Å². The van der Waals surface area contributed by atoms with Gasteiger partial charge in [-0.2, -0.15) is 0 Å². The van der Waals surface area contributed by atoms with Crippen LogP contribution in [0.3, 0.4) is 0 Å². The van der Waals surface area contributed by atoms with E-state index in [1.807, 2.05) is 27.7 Å². The molecule has 0 aromatic carbocycles. The molecule has 3 amide bonds. The standard InChI is InChI=1S/C41H65N3O5/c1-29-12-8-9-14-31(29)17-18-32-15-11-24-41(7)33(19-20-34(32)41)30(2)13-10-16-35(45)42-26-25-40(5,6)49-28-39(3,4)43-36(46)23-27-44-37(47)21-22-38(44)48/h17-18,21-22,30,33-35,42,45H,1,8-16,19-20,23-28H2,2-7H3,(H,43,46). The molecule has 0 spiro atoms. The number of nitrogens with zero attached hydrogens (tertiary/aromatic N) is 1. The van der Waals surface area contributed by atoms with Gasteiger partial charge in [0.05, 0.1) is 17.7 Å². The van der Waals surface area contributed by atoms with Crippen LogP contribution in [0.25, 0.3) is 0 Å². The number of rotatable bonds is 17. The first-order valence-corrected chi connectivity index (χ1v) is 19.1. The lowest BCUT2D eigenvalue weighted by atomic mass is 9.60. The summed E-state index contributed by atoms with van der Waals surface area (Å²) in [5.74, 6) is 1.09. The number of hydrogen-bond acceptors (Lipinski definition) is 6. The third kappa shape index (κ3) is 11.0. The largest absolute Gasteiger partial charge is 0.379 e. The number of carbonyl (C=O) groups is 3. The van der Waals surface area contributed by atoms with Crippen LogP contribution in [0.4, 0.5) is 0 Å². The molecule has 49 heavy (non-hydrogen) atoms. The molecule has 0 aromatic heterocycles. The summed E-state index contributed by atoms with van der Waals surface area (Å²) in [5, 5.41) is 17.0. The van der Waals surface area contributed by atoms with Crippen molar-refractivity contribution < 1.29 is 24.2 Å². The summed E-state index contributed by atoms with van der Waals surface area (Å²) in [7, 11) is 0. The fraction of sp³-hybridized carbons (Fsp3) is 0.732. The average Bonchev–Trinajstić information content (AvgIpc) is 3.56. The van der Waals surface area contributed by atoms with Crippen molar-refractivity contribution >= 4 is 17.7 Å². The van der Waals surface area contributed by atoms with Gasteiger partial charge in [-0.1, -0.05) is 50.1 Å². The zero-order valence-electron chi connectivity index (χ0n) is 31.4. The summed E-state index contributed by atoms with van der Waals surface area (Å²) in [5.41, 5.74) is 3.82. The maximum absolute atomic E-state index is 12.5. The average molecular weight is 680 g/mol. The molecule has 5 atom stereocenters. The number of imide groups is 1. The Labute approximate surface area is 296 Å². The first kappa shape index (κ1) is 39.2. The molecule has 8 heteroatoms. The van der Waals surface area contributed by atoms with Gasteiger partial charge in [-0.25, -0.2) is 0 Å². The van der Waals surface area contributed by atoms with Crippen molar-refractivity contribution in [2.24, 2.45) is 23.2 Å². The number of hydrogen-bond donors (Lipinski definition) is 3. The Morgan fingerprint density at radius 1 is 1.08 bits per heavy atom. The first-order valence-electron chi connectivity index (χ1n) is 19.1. The SMILES string of the molecule is C=C1CCCCC1=CC=C1CCCC2(C)C1CCC2C(C)CCCC(O)NCCC(C)(C)OCC(C)(C)NC(=O)CCN1C(=O)C=CC1=O. The fourth-order valence-electron chi connectivity index (χ4n) is 8.88. The predicted octanol–water partition coefficient (Wildman–Crippen LogP) is 7.30. The van der Waals surface area contributed by atoms with Crippen LogP contribution in [0, 0.1) is 23.2 Å². The molecule has 4 rings (SSSR count). The molecular formula is C41H65N3O5. The Morgan fingerprint density at radius 2 is 1.80 bits per heavy atom. The Bertz CT molecular complexity index is 1280. The number of fused-ring (bicyclic) bond motifs is 1. The van der Waals surface area contributed by atoms with Gasteiger partial charge in [0.15, 0.2) is 0 Å². The van der Waals surface area contributed by atoms with Gasteiger partial charge in [0.2, 0.25) is 5.91 Å². The molecular weight excluding hydrogens is 614 g/mol. The van der Waals surface area contributed by atoms with Gasteiger partial charge in [-0.15, -0.1) is 0 Å². The molecule has 4 aliphatic rings. The van der Waals surface area contributed by atoms with E-state index in [0.29, 0.717) is 36.8 Å². The number of amides is 3. The lowest BCUT2D eigenvalue weighted by Gasteiger charge is -2.44.